The van der Waals surface area contributed by atoms with Gasteiger partial charge in [0.2, 0.25) is 0 Å². The van der Waals surface area contributed by atoms with Crippen LogP contribution in [-0.4, -0.2) is 0 Å². The van der Waals surface area contributed by atoms with Crippen LogP contribution < -0.4 is 0 Å². The van der Waals surface area contributed by atoms with Crippen LogP contribution in [0.5, 0.6) is 0 Å². The summed E-state index contributed by atoms with van der Waals surface area (Å²) < 4.78 is 0. The molecular formula is C31H48. The lowest BCUT2D eigenvalue weighted by atomic mass is 9.69. The third-order valence-corrected chi connectivity index (χ3v) is 6.51. The molecule has 1 atom stereocenters. The summed E-state index contributed by atoms with van der Waals surface area (Å²) in [5.41, 5.74) is 9.43. The van der Waals surface area contributed by atoms with E-state index >= 15 is 0 Å². The van der Waals surface area contributed by atoms with Crippen LogP contribution in [0.4, 0.5) is 0 Å². The predicted molar refractivity (Wildman–Crippen MR) is 140 cm³/mol. The molecule has 31 heavy (non-hydrogen) atoms. The number of benzene rings is 2. The first-order valence-electron chi connectivity index (χ1n) is 12.1. The summed E-state index contributed by atoms with van der Waals surface area (Å²) >= 11 is 0. The smallest absolute Gasteiger partial charge is 0.0129 e. The normalized spacial score (nSPS) is 14.6. The van der Waals surface area contributed by atoms with Gasteiger partial charge in [0.1, 0.15) is 0 Å². The van der Waals surface area contributed by atoms with E-state index in [1.54, 1.807) is 0 Å². The molecule has 1 unspecified atom stereocenters. The van der Waals surface area contributed by atoms with Crippen LogP contribution in [0.1, 0.15) is 129 Å². The van der Waals surface area contributed by atoms with E-state index in [1.165, 1.54) is 33.4 Å². The first kappa shape index (κ1) is 25.7. The summed E-state index contributed by atoms with van der Waals surface area (Å²) in [6.45, 7) is 30.5. The lowest BCUT2D eigenvalue weighted by Gasteiger charge is -2.35. The summed E-state index contributed by atoms with van der Waals surface area (Å²) in [4.78, 5) is 0. The number of hydrogen-bond acceptors (Lipinski definition) is 0. The van der Waals surface area contributed by atoms with E-state index in [0.29, 0.717) is 5.92 Å². The van der Waals surface area contributed by atoms with E-state index in [1.807, 2.05) is 0 Å². The van der Waals surface area contributed by atoms with Gasteiger partial charge in [-0.15, -0.1) is 0 Å². The van der Waals surface area contributed by atoms with Gasteiger partial charge in [-0.05, 0) is 67.4 Å². The molecule has 0 aromatic heterocycles. The minimum Gasteiger partial charge on any atom is -0.0587 e. The Morgan fingerprint density at radius 2 is 0.968 bits per heavy atom. The van der Waals surface area contributed by atoms with Crippen molar-refractivity contribution in [1.29, 1.82) is 0 Å². The molecule has 0 aliphatic carbocycles. The molecule has 2 aromatic rings. The second-order valence-electron chi connectivity index (χ2n) is 13.8. The Bertz CT molecular complexity index is 882. The molecule has 172 valence electrons. The first-order chi connectivity index (χ1) is 13.8. The summed E-state index contributed by atoms with van der Waals surface area (Å²) in [6.07, 6.45) is 1.08. The van der Waals surface area contributed by atoms with Crippen molar-refractivity contribution in [2.24, 2.45) is 0 Å². The molecule has 0 bridgehead atoms. The van der Waals surface area contributed by atoms with Crippen LogP contribution in [0.2, 0.25) is 0 Å². The zero-order chi connectivity index (χ0) is 24.0. The fourth-order valence-corrected chi connectivity index (χ4v) is 4.52. The Labute approximate surface area is 193 Å². The minimum absolute atomic E-state index is 0.121. The monoisotopic (exact) mass is 420 g/mol. The molecule has 0 nitrogen and oxygen atoms in total. The summed E-state index contributed by atoms with van der Waals surface area (Å²) in [5.74, 6) is 0.477. The zero-order valence-electron chi connectivity index (χ0n) is 22.7. The topological polar surface area (TPSA) is 0 Å². The molecule has 0 aliphatic rings. The summed E-state index contributed by atoms with van der Waals surface area (Å²) in [7, 11) is 0. The fraction of sp³-hybridized carbons (Fsp3) is 0.613. The molecule has 0 N–H and O–H groups in total. The molecule has 0 heteroatoms. The van der Waals surface area contributed by atoms with Gasteiger partial charge in [-0.1, -0.05) is 126 Å². The number of rotatable bonds is 3. The molecule has 0 saturated carbocycles. The van der Waals surface area contributed by atoms with Gasteiger partial charge >= 0.3 is 0 Å². The van der Waals surface area contributed by atoms with E-state index in [2.05, 4.69) is 126 Å². The van der Waals surface area contributed by atoms with Crippen LogP contribution in [0, 0.1) is 0 Å². The molecule has 0 amide bonds. The molecule has 2 aromatic carbocycles. The maximum atomic E-state index is 2.55. The van der Waals surface area contributed by atoms with Gasteiger partial charge in [-0.3, -0.25) is 0 Å². The molecule has 2 rings (SSSR count). The van der Waals surface area contributed by atoms with Crippen molar-refractivity contribution < 1.29 is 0 Å². The molecule has 0 aliphatic heterocycles. The van der Waals surface area contributed by atoms with Crippen LogP contribution in [0.25, 0.3) is 0 Å². The number of hydrogen-bond donors (Lipinski definition) is 0. The highest BCUT2D eigenvalue weighted by atomic mass is 14.3. The first-order valence-corrected chi connectivity index (χ1v) is 12.1. The largest absolute Gasteiger partial charge is 0.0587 e. The van der Waals surface area contributed by atoms with E-state index < -0.39 is 0 Å². The Balaban J connectivity index is 2.57. The highest BCUT2D eigenvalue weighted by Crippen LogP contribution is 2.41. The fourth-order valence-electron chi connectivity index (χ4n) is 4.52. The third-order valence-electron chi connectivity index (χ3n) is 6.51. The maximum absolute atomic E-state index is 2.55. The molecular weight excluding hydrogens is 372 g/mol. The molecule has 0 heterocycles. The SMILES string of the molecule is CC(Cc1ccc(C(C)(C)C)cc1)c1cc(C(C)(C)C)c(C(C)(C)C)cc1C(C)(C)C. The van der Waals surface area contributed by atoms with Gasteiger partial charge in [0.05, 0.1) is 0 Å². The van der Waals surface area contributed by atoms with E-state index in [4.69, 9.17) is 0 Å². The Morgan fingerprint density at radius 1 is 0.548 bits per heavy atom. The standard InChI is InChI=1S/C31H48/c1-21(18-22-14-16-23(17-15-22)28(2,3)4)24-19-26(30(8,9)10)27(31(11,12)13)20-25(24)29(5,6)7/h14-17,19-21H,18H2,1-13H3. The quantitative estimate of drug-likeness (QED) is 0.464. The van der Waals surface area contributed by atoms with Crippen molar-refractivity contribution in [3.63, 3.8) is 0 Å². The average Bonchev–Trinajstić information content (AvgIpc) is 2.58. The third kappa shape index (κ3) is 6.24. The van der Waals surface area contributed by atoms with Crippen LogP contribution in [0.3, 0.4) is 0 Å². The second kappa shape index (κ2) is 8.42. The van der Waals surface area contributed by atoms with Crippen molar-refractivity contribution in [3.05, 3.63) is 69.8 Å². The minimum atomic E-state index is 0.121. The van der Waals surface area contributed by atoms with Gasteiger partial charge in [0, 0.05) is 0 Å². The molecule has 0 radical (unpaired) electrons. The Hall–Kier alpha value is -1.56. The van der Waals surface area contributed by atoms with Crippen LogP contribution in [-0.2, 0) is 28.1 Å². The Kier molecular flexibility index (Phi) is 6.98. The summed E-state index contributed by atoms with van der Waals surface area (Å²) in [6, 6.07) is 14.4. The van der Waals surface area contributed by atoms with Gasteiger partial charge in [0.25, 0.3) is 0 Å². The molecule has 0 spiro atoms. The lowest BCUT2D eigenvalue weighted by molar-refractivity contribution is 0.517. The second-order valence-corrected chi connectivity index (χ2v) is 13.8. The van der Waals surface area contributed by atoms with Gasteiger partial charge < -0.3 is 0 Å². The van der Waals surface area contributed by atoms with Crippen LogP contribution in [0.15, 0.2) is 36.4 Å². The van der Waals surface area contributed by atoms with Crippen molar-refractivity contribution in [2.75, 3.05) is 0 Å². The summed E-state index contributed by atoms with van der Waals surface area (Å²) in [5, 5.41) is 0. The average molecular weight is 421 g/mol. The van der Waals surface area contributed by atoms with Crippen molar-refractivity contribution in [2.45, 2.75) is 124 Å². The van der Waals surface area contributed by atoms with E-state index in [-0.39, 0.29) is 21.7 Å². The van der Waals surface area contributed by atoms with Gasteiger partial charge in [0.15, 0.2) is 0 Å². The molecule has 0 fully saturated rings. The maximum Gasteiger partial charge on any atom is -0.0129 e. The zero-order valence-corrected chi connectivity index (χ0v) is 22.7. The Morgan fingerprint density at radius 3 is 1.35 bits per heavy atom. The molecule has 0 saturated heterocycles. The van der Waals surface area contributed by atoms with Gasteiger partial charge in [-0.25, -0.2) is 0 Å². The van der Waals surface area contributed by atoms with Crippen molar-refractivity contribution in [1.82, 2.24) is 0 Å². The van der Waals surface area contributed by atoms with Crippen LogP contribution >= 0.6 is 0 Å². The lowest BCUT2D eigenvalue weighted by Crippen LogP contribution is -2.26. The highest BCUT2D eigenvalue weighted by molar-refractivity contribution is 5.49. The van der Waals surface area contributed by atoms with E-state index in [9.17, 15) is 0 Å². The van der Waals surface area contributed by atoms with Gasteiger partial charge in [-0.2, -0.15) is 0 Å². The van der Waals surface area contributed by atoms with E-state index in [0.717, 1.165) is 6.42 Å². The highest BCUT2D eigenvalue weighted by Gasteiger charge is 2.30. The van der Waals surface area contributed by atoms with Crippen molar-refractivity contribution in [3.8, 4) is 0 Å². The van der Waals surface area contributed by atoms with Crippen molar-refractivity contribution >= 4 is 0 Å². The predicted octanol–water partition coefficient (Wildman–Crippen LogP) is 9.22.